The summed E-state index contributed by atoms with van der Waals surface area (Å²) in [4.78, 5) is 25.1. The van der Waals surface area contributed by atoms with Gasteiger partial charge in [0.15, 0.2) is 0 Å². The lowest BCUT2D eigenvalue weighted by Gasteiger charge is -2.25. The summed E-state index contributed by atoms with van der Waals surface area (Å²) in [5.41, 5.74) is 0. The largest absolute Gasteiger partial charge is 0.481 e. The number of thiophene rings is 1. The predicted octanol–water partition coefficient (Wildman–Crippen LogP) is 2.10. The van der Waals surface area contributed by atoms with Gasteiger partial charge < -0.3 is 10.0 Å². The first-order valence-electron chi connectivity index (χ1n) is 5.26. The molecule has 0 bridgehead atoms. The van der Waals surface area contributed by atoms with Crippen molar-refractivity contribution in [1.29, 1.82) is 0 Å². The normalized spacial score (nSPS) is 21.8. The third-order valence-corrected chi connectivity index (χ3v) is 3.99. The van der Waals surface area contributed by atoms with Crippen molar-refractivity contribution >= 4 is 34.8 Å². The second-order valence-corrected chi connectivity index (χ2v) is 5.57. The highest BCUT2D eigenvalue weighted by atomic mass is 35.5. The van der Waals surface area contributed by atoms with Gasteiger partial charge in [0.05, 0.1) is 17.8 Å². The van der Waals surface area contributed by atoms with Crippen LogP contribution in [0.15, 0.2) is 17.5 Å². The Labute approximate surface area is 108 Å². The third kappa shape index (κ3) is 2.79. The van der Waals surface area contributed by atoms with Gasteiger partial charge in [0, 0.05) is 17.8 Å². The molecule has 2 heterocycles. The monoisotopic (exact) mass is 273 g/mol. The Morgan fingerprint density at radius 2 is 2.47 bits per heavy atom. The number of carboxylic acid groups (broad SMARTS) is 1. The number of hydrogen-bond acceptors (Lipinski definition) is 3. The number of halogens is 1. The van der Waals surface area contributed by atoms with E-state index in [0.717, 1.165) is 4.88 Å². The van der Waals surface area contributed by atoms with E-state index in [4.69, 9.17) is 16.7 Å². The summed E-state index contributed by atoms with van der Waals surface area (Å²) >= 11 is 7.40. The number of aliphatic carboxylic acids is 1. The average molecular weight is 274 g/mol. The van der Waals surface area contributed by atoms with E-state index in [2.05, 4.69) is 0 Å². The highest BCUT2D eigenvalue weighted by molar-refractivity contribution is 7.10. The molecule has 17 heavy (non-hydrogen) atoms. The highest BCUT2D eigenvalue weighted by Crippen LogP contribution is 2.32. The quantitative estimate of drug-likeness (QED) is 0.855. The van der Waals surface area contributed by atoms with E-state index in [0.29, 0.717) is 13.0 Å². The number of rotatable bonds is 4. The molecule has 0 aromatic carbocycles. The lowest BCUT2D eigenvalue weighted by Crippen LogP contribution is -2.31. The van der Waals surface area contributed by atoms with Crippen LogP contribution in [0.4, 0.5) is 0 Å². The van der Waals surface area contributed by atoms with E-state index in [1.165, 1.54) is 11.3 Å². The van der Waals surface area contributed by atoms with Crippen molar-refractivity contribution in [2.24, 2.45) is 0 Å². The molecular weight excluding hydrogens is 262 g/mol. The van der Waals surface area contributed by atoms with Crippen LogP contribution in [0.25, 0.3) is 0 Å². The highest BCUT2D eigenvalue weighted by Gasteiger charge is 2.35. The first-order chi connectivity index (χ1) is 8.08. The zero-order valence-corrected chi connectivity index (χ0v) is 10.6. The van der Waals surface area contributed by atoms with Gasteiger partial charge in [0.2, 0.25) is 5.91 Å². The minimum atomic E-state index is -0.908. The van der Waals surface area contributed by atoms with Crippen molar-refractivity contribution in [2.75, 3.05) is 6.54 Å². The van der Waals surface area contributed by atoms with Gasteiger partial charge in [0.1, 0.15) is 0 Å². The summed E-state index contributed by atoms with van der Waals surface area (Å²) in [5.74, 6) is -0.973. The van der Waals surface area contributed by atoms with Crippen LogP contribution in [-0.4, -0.2) is 33.8 Å². The molecule has 1 fully saturated rings. The molecule has 0 aliphatic carbocycles. The number of nitrogens with zero attached hydrogens (tertiary/aromatic N) is 1. The standard InChI is InChI=1S/C11H12ClNO3S/c12-7-4-10(14)13(6-7)8(5-11(15)16)9-2-1-3-17-9/h1-3,7-8H,4-6H2,(H,15,16). The fraction of sp³-hybridized carbons (Fsp3) is 0.455. The fourth-order valence-electron chi connectivity index (χ4n) is 2.00. The topological polar surface area (TPSA) is 57.6 Å². The number of carbonyl (C=O) groups is 2. The molecule has 2 atom stereocenters. The van der Waals surface area contributed by atoms with Crippen LogP contribution in [0.5, 0.6) is 0 Å². The van der Waals surface area contributed by atoms with Gasteiger partial charge in [0.25, 0.3) is 0 Å². The molecule has 1 aromatic heterocycles. The summed E-state index contributed by atoms with van der Waals surface area (Å²) in [6, 6.07) is 3.32. The zero-order valence-electron chi connectivity index (χ0n) is 9.01. The number of carboxylic acids is 1. The second-order valence-electron chi connectivity index (χ2n) is 3.98. The predicted molar refractivity (Wildman–Crippen MR) is 65.3 cm³/mol. The SMILES string of the molecule is O=C(O)CC(c1cccs1)N1CC(Cl)CC1=O. The van der Waals surface area contributed by atoms with Crippen molar-refractivity contribution in [3.63, 3.8) is 0 Å². The fourth-order valence-corrected chi connectivity index (χ4v) is 3.12. The maximum atomic E-state index is 11.8. The molecule has 0 radical (unpaired) electrons. The summed E-state index contributed by atoms with van der Waals surface area (Å²) in [7, 11) is 0. The molecule has 2 rings (SSSR count). The van der Waals surface area contributed by atoms with E-state index in [1.807, 2.05) is 17.5 Å². The van der Waals surface area contributed by atoms with Gasteiger partial charge in [-0.1, -0.05) is 6.07 Å². The molecule has 1 amide bonds. The molecule has 6 heteroatoms. The molecule has 1 aliphatic rings. The van der Waals surface area contributed by atoms with Crippen LogP contribution in [0.2, 0.25) is 0 Å². The number of alkyl halides is 1. The van der Waals surface area contributed by atoms with Crippen molar-refractivity contribution in [3.05, 3.63) is 22.4 Å². The molecule has 1 aliphatic heterocycles. The van der Waals surface area contributed by atoms with Crippen molar-refractivity contribution in [2.45, 2.75) is 24.3 Å². The summed E-state index contributed by atoms with van der Waals surface area (Å²) in [6.45, 7) is 0.427. The van der Waals surface area contributed by atoms with Gasteiger partial charge in [-0.15, -0.1) is 22.9 Å². The van der Waals surface area contributed by atoms with E-state index in [9.17, 15) is 9.59 Å². The van der Waals surface area contributed by atoms with Crippen LogP contribution < -0.4 is 0 Å². The van der Waals surface area contributed by atoms with Gasteiger partial charge in [-0.3, -0.25) is 9.59 Å². The van der Waals surface area contributed by atoms with Gasteiger partial charge in [-0.05, 0) is 11.4 Å². The lowest BCUT2D eigenvalue weighted by atomic mass is 10.1. The minimum absolute atomic E-state index is 0.0651. The molecular formula is C11H12ClNO3S. The summed E-state index contributed by atoms with van der Waals surface area (Å²) in [5, 5.41) is 10.6. The summed E-state index contributed by atoms with van der Waals surface area (Å²) in [6.07, 6.45) is 0.221. The molecule has 1 aromatic rings. The molecule has 0 saturated carbocycles. The Kier molecular flexibility index (Phi) is 3.69. The summed E-state index contributed by atoms with van der Waals surface area (Å²) < 4.78 is 0. The molecule has 4 nitrogen and oxygen atoms in total. The second kappa shape index (κ2) is 5.06. The molecule has 2 unspecified atom stereocenters. The molecule has 1 N–H and O–H groups in total. The molecule has 92 valence electrons. The van der Waals surface area contributed by atoms with Crippen molar-refractivity contribution in [1.82, 2.24) is 4.90 Å². The van der Waals surface area contributed by atoms with Crippen LogP contribution >= 0.6 is 22.9 Å². The maximum absolute atomic E-state index is 11.8. The Bertz CT molecular complexity index is 420. The minimum Gasteiger partial charge on any atom is -0.481 e. The Balaban J connectivity index is 2.21. The van der Waals surface area contributed by atoms with Crippen LogP contribution in [0.3, 0.4) is 0 Å². The number of carbonyl (C=O) groups excluding carboxylic acids is 1. The molecule has 1 saturated heterocycles. The Morgan fingerprint density at radius 1 is 1.71 bits per heavy atom. The number of amides is 1. The van der Waals surface area contributed by atoms with E-state index in [-0.39, 0.29) is 23.7 Å². The van der Waals surface area contributed by atoms with Gasteiger partial charge >= 0.3 is 5.97 Å². The van der Waals surface area contributed by atoms with Crippen LogP contribution in [0.1, 0.15) is 23.8 Å². The smallest absolute Gasteiger partial charge is 0.305 e. The van der Waals surface area contributed by atoms with Gasteiger partial charge in [-0.2, -0.15) is 0 Å². The van der Waals surface area contributed by atoms with Crippen molar-refractivity contribution < 1.29 is 14.7 Å². The van der Waals surface area contributed by atoms with Gasteiger partial charge in [-0.25, -0.2) is 0 Å². The van der Waals surface area contributed by atoms with E-state index in [1.54, 1.807) is 4.90 Å². The zero-order chi connectivity index (χ0) is 12.4. The number of hydrogen-bond donors (Lipinski definition) is 1. The average Bonchev–Trinajstić information content (AvgIpc) is 2.84. The first kappa shape index (κ1) is 12.4. The third-order valence-electron chi connectivity index (χ3n) is 2.73. The van der Waals surface area contributed by atoms with E-state index < -0.39 is 5.97 Å². The van der Waals surface area contributed by atoms with Crippen LogP contribution in [-0.2, 0) is 9.59 Å². The van der Waals surface area contributed by atoms with Crippen LogP contribution in [0, 0.1) is 0 Å². The first-order valence-corrected chi connectivity index (χ1v) is 6.58. The number of likely N-dealkylation sites (tertiary alicyclic amines) is 1. The van der Waals surface area contributed by atoms with Crippen molar-refractivity contribution in [3.8, 4) is 0 Å². The van der Waals surface area contributed by atoms with E-state index >= 15 is 0 Å². The maximum Gasteiger partial charge on any atom is 0.305 e. The Morgan fingerprint density at radius 3 is 2.94 bits per heavy atom. The Hall–Kier alpha value is -1.07. The lowest BCUT2D eigenvalue weighted by molar-refractivity contribution is -0.139. The molecule has 0 spiro atoms.